The molecule has 0 radical (unpaired) electrons. The lowest BCUT2D eigenvalue weighted by molar-refractivity contribution is -0.114. The Kier molecular flexibility index (Phi) is 6.40. The van der Waals surface area contributed by atoms with E-state index in [4.69, 9.17) is 0 Å². The number of anilines is 1. The average molecular weight is 267 g/mol. The van der Waals surface area contributed by atoms with Gasteiger partial charge in [0.05, 0.1) is 6.04 Å². The summed E-state index contributed by atoms with van der Waals surface area (Å²) in [5.74, 6) is 0.546. The lowest BCUT2D eigenvalue weighted by Gasteiger charge is -2.07. The number of nitrogens with zero attached hydrogens (tertiary/aromatic N) is 2. The standard InChI is InChI=1S/C9H14N4O.2ClH/c1-7(14)11-9-3-5-13(12-9)8-2-4-10-6-8;;/h3,5,8,10H,2,4,6H2,1H3,(H,11,12,14);2*1H. The summed E-state index contributed by atoms with van der Waals surface area (Å²) in [5.41, 5.74) is 0. The van der Waals surface area contributed by atoms with E-state index < -0.39 is 0 Å². The third kappa shape index (κ3) is 3.66. The van der Waals surface area contributed by atoms with E-state index in [1.807, 2.05) is 16.9 Å². The van der Waals surface area contributed by atoms with Crippen LogP contribution in [0, 0.1) is 0 Å². The molecule has 1 aromatic heterocycles. The highest BCUT2D eigenvalue weighted by molar-refractivity contribution is 5.87. The van der Waals surface area contributed by atoms with Gasteiger partial charge in [-0.3, -0.25) is 9.48 Å². The molecular weight excluding hydrogens is 251 g/mol. The Balaban J connectivity index is 0.00000112. The Morgan fingerprint density at radius 1 is 1.62 bits per heavy atom. The summed E-state index contributed by atoms with van der Waals surface area (Å²) < 4.78 is 1.91. The first-order valence-corrected chi connectivity index (χ1v) is 4.79. The summed E-state index contributed by atoms with van der Waals surface area (Å²) in [4.78, 5) is 10.8. The largest absolute Gasteiger partial charge is 0.315 e. The van der Waals surface area contributed by atoms with Crippen LogP contribution in [0.25, 0.3) is 0 Å². The van der Waals surface area contributed by atoms with Gasteiger partial charge in [0.25, 0.3) is 0 Å². The van der Waals surface area contributed by atoms with E-state index in [1.165, 1.54) is 6.92 Å². The molecule has 92 valence electrons. The minimum Gasteiger partial charge on any atom is -0.315 e. The summed E-state index contributed by atoms with van der Waals surface area (Å²) in [6, 6.07) is 2.25. The third-order valence-electron chi connectivity index (χ3n) is 2.32. The minimum atomic E-state index is -0.0835. The van der Waals surface area contributed by atoms with Crippen molar-refractivity contribution in [3.8, 4) is 0 Å². The molecule has 7 heteroatoms. The van der Waals surface area contributed by atoms with Gasteiger partial charge in [0.1, 0.15) is 0 Å². The zero-order chi connectivity index (χ0) is 9.97. The normalized spacial score (nSPS) is 18.4. The van der Waals surface area contributed by atoms with E-state index in [-0.39, 0.29) is 30.7 Å². The maximum Gasteiger partial charge on any atom is 0.222 e. The molecule has 0 aliphatic carbocycles. The van der Waals surface area contributed by atoms with Crippen molar-refractivity contribution in [1.29, 1.82) is 0 Å². The quantitative estimate of drug-likeness (QED) is 0.847. The molecule has 1 fully saturated rings. The lowest BCUT2D eigenvalue weighted by atomic mass is 10.3. The fourth-order valence-electron chi connectivity index (χ4n) is 1.65. The smallest absolute Gasteiger partial charge is 0.222 e. The Bertz CT molecular complexity index is 336. The fourth-order valence-corrected chi connectivity index (χ4v) is 1.65. The van der Waals surface area contributed by atoms with Gasteiger partial charge in [0.15, 0.2) is 5.82 Å². The molecule has 1 aromatic rings. The maximum absolute atomic E-state index is 10.8. The molecule has 1 aliphatic rings. The molecule has 1 saturated heterocycles. The number of hydrogen-bond donors (Lipinski definition) is 2. The first kappa shape index (κ1) is 15.2. The first-order chi connectivity index (χ1) is 6.75. The highest BCUT2D eigenvalue weighted by Crippen LogP contribution is 2.15. The third-order valence-corrected chi connectivity index (χ3v) is 2.32. The monoisotopic (exact) mass is 266 g/mol. The zero-order valence-corrected chi connectivity index (χ0v) is 10.6. The van der Waals surface area contributed by atoms with Crippen LogP contribution in [0.4, 0.5) is 5.82 Å². The molecule has 0 saturated carbocycles. The molecule has 1 atom stereocenters. The number of hydrogen-bond acceptors (Lipinski definition) is 3. The summed E-state index contributed by atoms with van der Waals surface area (Å²) in [6.45, 7) is 3.48. The van der Waals surface area contributed by atoms with Crippen LogP contribution in [0.3, 0.4) is 0 Å². The van der Waals surface area contributed by atoms with Crippen LogP contribution in [0.1, 0.15) is 19.4 Å². The highest BCUT2D eigenvalue weighted by atomic mass is 35.5. The molecule has 1 aliphatic heterocycles. The van der Waals surface area contributed by atoms with Gasteiger partial charge < -0.3 is 10.6 Å². The fraction of sp³-hybridized carbons (Fsp3) is 0.556. The van der Waals surface area contributed by atoms with Crippen molar-refractivity contribution in [1.82, 2.24) is 15.1 Å². The molecule has 2 rings (SSSR count). The second-order valence-corrected chi connectivity index (χ2v) is 3.51. The molecule has 0 aromatic carbocycles. The van der Waals surface area contributed by atoms with E-state index in [1.54, 1.807) is 0 Å². The van der Waals surface area contributed by atoms with Gasteiger partial charge in [-0.1, -0.05) is 0 Å². The van der Waals surface area contributed by atoms with Crippen molar-refractivity contribution < 1.29 is 4.79 Å². The number of amides is 1. The van der Waals surface area contributed by atoms with Crippen LogP contribution in [0.2, 0.25) is 0 Å². The Labute approximate surface area is 107 Å². The SMILES string of the molecule is CC(=O)Nc1ccn(C2CCNC2)n1.Cl.Cl. The maximum atomic E-state index is 10.8. The summed E-state index contributed by atoms with van der Waals surface area (Å²) in [7, 11) is 0. The zero-order valence-electron chi connectivity index (χ0n) is 8.97. The van der Waals surface area contributed by atoms with Crippen molar-refractivity contribution >= 4 is 36.5 Å². The molecule has 2 N–H and O–H groups in total. The van der Waals surface area contributed by atoms with E-state index in [2.05, 4.69) is 15.7 Å². The van der Waals surface area contributed by atoms with Gasteiger partial charge >= 0.3 is 0 Å². The number of nitrogens with one attached hydrogen (secondary N) is 2. The van der Waals surface area contributed by atoms with Gasteiger partial charge in [-0.05, 0) is 13.0 Å². The molecule has 1 amide bonds. The Morgan fingerprint density at radius 3 is 2.94 bits per heavy atom. The second kappa shape index (κ2) is 6.73. The van der Waals surface area contributed by atoms with Crippen LogP contribution >= 0.6 is 24.8 Å². The van der Waals surface area contributed by atoms with E-state index in [0.29, 0.717) is 11.9 Å². The summed E-state index contributed by atoms with van der Waals surface area (Å²) in [5, 5.41) is 10.2. The lowest BCUT2D eigenvalue weighted by Crippen LogP contribution is -2.14. The molecule has 16 heavy (non-hydrogen) atoms. The van der Waals surface area contributed by atoms with Crippen molar-refractivity contribution in [3.05, 3.63) is 12.3 Å². The summed E-state index contributed by atoms with van der Waals surface area (Å²) in [6.07, 6.45) is 3.00. The first-order valence-electron chi connectivity index (χ1n) is 4.79. The Morgan fingerprint density at radius 2 is 2.38 bits per heavy atom. The van der Waals surface area contributed by atoms with Crippen LogP contribution in [0.15, 0.2) is 12.3 Å². The minimum absolute atomic E-state index is 0. The van der Waals surface area contributed by atoms with Gasteiger partial charge in [-0.15, -0.1) is 24.8 Å². The predicted octanol–water partition coefficient (Wildman–Crippen LogP) is 1.22. The van der Waals surface area contributed by atoms with Crippen LogP contribution in [-0.2, 0) is 4.79 Å². The Hall–Kier alpha value is -0.780. The molecule has 5 nitrogen and oxygen atoms in total. The van der Waals surface area contributed by atoms with Crippen LogP contribution in [0.5, 0.6) is 0 Å². The van der Waals surface area contributed by atoms with Crippen molar-refractivity contribution in [2.24, 2.45) is 0 Å². The molecule has 0 bridgehead atoms. The number of rotatable bonds is 2. The predicted molar refractivity (Wildman–Crippen MR) is 67.6 cm³/mol. The van der Waals surface area contributed by atoms with E-state index >= 15 is 0 Å². The number of carbonyl (C=O) groups is 1. The second-order valence-electron chi connectivity index (χ2n) is 3.51. The van der Waals surface area contributed by atoms with Crippen LogP contribution < -0.4 is 10.6 Å². The van der Waals surface area contributed by atoms with Crippen LogP contribution in [-0.4, -0.2) is 28.8 Å². The van der Waals surface area contributed by atoms with Gasteiger partial charge in [-0.2, -0.15) is 5.10 Å². The van der Waals surface area contributed by atoms with Crippen molar-refractivity contribution in [3.63, 3.8) is 0 Å². The van der Waals surface area contributed by atoms with Gasteiger partial charge in [0, 0.05) is 25.7 Å². The topological polar surface area (TPSA) is 59.0 Å². The van der Waals surface area contributed by atoms with Gasteiger partial charge in [0.2, 0.25) is 5.91 Å². The number of aromatic nitrogens is 2. The van der Waals surface area contributed by atoms with Crippen molar-refractivity contribution in [2.45, 2.75) is 19.4 Å². The highest BCUT2D eigenvalue weighted by Gasteiger charge is 2.16. The molecular formula is C9H16Cl2N4O. The molecule has 1 unspecified atom stereocenters. The number of carbonyl (C=O) groups excluding carboxylic acids is 1. The van der Waals surface area contributed by atoms with Gasteiger partial charge in [-0.25, -0.2) is 0 Å². The average Bonchev–Trinajstić information content (AvgIpc) is 2.69. The van der Waals surface area contributed by atoms with E-state index in [9.17, 15) is 4.79 Å². The molecule has 2 heterocycles. The molecule has 0 spiro atoms. The van der Waals surface area contributed by atoms with E-state index in [0.717, 1.165) is 19.5 Å². The van der Waals surface area contributed by atoms with Crippen molar-refractivity contribution in [2.75, 3.05) is 18.4 Å². The summed E-state index contributed by atoms with van der Waals surface area (Å²) >= 11 is 0. The number of halogens is 2.